The molecule has 2 aromatic carbocycles. The van der Waals surface area contributed by atoms with Gasteiger partial charge in [-0.1, -0.05) is 38.1 Å². The number of benzene rings is 2. The number of ketones is 2. The predicted octanol–water partition coefficient (Wildman–Crippen LogP) is 3.41. The van der Waals surface area contributed by atoms with Crippen LogP contribution in [-0.4, -0.2) is 86.5 Å². The maximum Gasteiger partial charge on any atom is 0.255 e. The molecule has 10 heteroatoms. The van der Waals surface area contributed by atoms with Gasteiger partial charge in [-0.2, -0.15) is 0 Å². The Kier molecular flexibility index (Phi) is 7.46. The number of phenolic OH excluding ortho intramolecular Hbond substituents is 1. The number of likely N-dealkylation sites (tertiary alicyclic amines) is 1. The Hall–Kier alpha value is -3.99. The van der Waals surface area contributed by atoms with Crippen LogP contribution in [0, 0.1) is 17.3 Å². The van der Waals surface area contributed by atoms with Gasteiger partial charge in [0.25, 0.3) is 5.91 Å². The molecule has 0 radical (unpaired) electrons. The highest BCUT2D eigenvalue weighted by molar-refractivity contribution is 6.24. The molecule has 1 heterocycles. The molecule has 1 saturated heterocycles. The van der Waals surface area contributed by atoms with Crippen molar-refractivity contribution >= 4 is 17.5 Å². The Morgan fingerprint density at radius 2 is 1.76 bits per heavy atom. The van der Waals surface area contributed by atoms with E-state index in [-0.39, 0.29) is 29.7 Å². The number of piperidine rings is 1. The summed E-state index contributed by atoms with van der Waals surface area (Å²) in [6, 6.07) is 10.4. The molecule has 10 nitrogen and oxygen atoms in total. The summed E-state index contributed by atoms with van der Waals surface area (Å²) in [6.07, 6.45) is 2.56. The van der Waals surface area contributed by atoms with Crippen LogP contribution in [0.4, 0.5) is 0 Å². The summed E-state index contributed by atoms with van der Waals surface area (Å²) in [5.41, 5.74) is 5.56. The van der Waals surface area contributed by atoms with E-state index in [0.29, 0.717) is 11.0 Å². The van der Waals surface area contributed by atoms with Crippen molar-refractivity contribution in [3.05, 3.63) is 75.8 Å². The van der Waals surface area contributed by atoms with Crippen LogP contribution in [0.5, 0.6) is 5.75 Å². The van der Waals surface area contributed by atoms with Crippen LogP contribution in [0.1, 0.15) is 54.6 Å². The number of Topliss-reactive ketones (excluding diaryl/α,β-unsaturated/α-hetero) is 2. The van der Waals surface area contributed by atoms with Crippen LogP contribution in [0.3, 0.4) is 0 Å². The lowest BCUT2D eigenvalue weighted by Gasteiger charge is -2.50. The minimum atomic E-state index is -2.66. The van der Waals surface area contributed by atoms with Gasteiger partial charge in [-0.15, -0.1) is 0 Å². The van der Waals surface area contributed by atoms with Gasteiger partial charge in [0.1, 0.15) is 22.8 Å². The smallest absolute Gasteiger partial charge is 0.255 e. The first-order valence-corrected chi connectivity index (χ1v) is 15.5. The molecular formula is C35H41N3O7. The number of carbonyl (C=O) groups excluding carboxylic acids is 3. The molecule has 4 aliphatic rings. The number of primary amides is 1. The molecule has 4 atom stereocenters. The lowest BCUT2D eigenvalue weighted by molar-refractivity contribution is -0.148. The number of hydrogen-bond donors (Lipinski definition) is 5. The summed E-state index contributed by atoms with van der Waals surface area (Å²) in [7, 11) is 3.22. The molecule has 0 spiro atoms. The van der Waals surface area contributed by atoms with Crippen LogP contribution < -0.4 is 5.73 Å². The largest absolute Gasteiger partial charge is 0.510 e. The van der Waals surface area contributed by atoms with E-state index in [4.69, 9.17) is 5.73 Å². The van der Waals surface area contributed by atoms with E-state index in [9.17, 15) is 34.8 Å². The normalized spacial score (nSPS) is 28.2. The topological polar surface area (TPSA) is 165 Å². The quantitative estimate of drug-likeness (QED) is 0.317. The third kappa shape index (κ3) is 4.86. The number of phenols is 1. The minimum absolute atomic E-state index is 0.0111. The molecule has 238 valence electrons. The van der Waals surface area contributed by atoms with E-state index in [1.54, 1.807) is 25.1 Å². The second kappa shape index (κ2) is 10.8. The first kappa shape index (κ1) is 31.0. The van der Waals surface area contributed by atoms with Gasteiger partial charge in [0, 0.05) is 18.0 Å². The fraction of sp³-hybridized carbons (Fsp3) is 0.457. The van der Waals surface area contributed by atoms with Crippen LogP contribution in [0.2, 0.25) is 0 Å². The first-order valence-electron chi connectivity index (χ1n) is 15.5. The van der Waals surface area contributed by atoms with E-state index in [1.807, 2.05) is 12.1 Å². The predicted molar refractivity (Wildman–Crippen MR) is 167 cm³/mol. The summed E-state index contributed by atoms with van der Waals surface area (Å²) < 4.78 is 0. The van der Waals surface area contributed by atoms with Crippen molar-refractivity contribution in [2.45, 2.75) is 57.7 Å². The molecule has 1 amide bonds. The van der Waals surface area contributed by atoms with Crippen molar-refractivity contribution in [1.82, 2.24) is 9.80 Å². The van der Waals surface area contributed by atoms with E-state index in [0.717, 1.165) is 49.2 Å². The zero-order valence-electron chi connectivity index (χ0n) is 26.1. The second-order valence-corrected chi connectivity index (χ2v) is 14.1. The van der Waals surface area contributed by atoms with Gasteiger partial charge < -0.3 is 26.2 Å². The number of hydrogen-bond acceptors (Lipinski definition) is 9. The van der Waals surface area contributed by atoms with Crippen LogP contribution in [0.15, 0.2) is 59.1 Å². The summed E-state index contributed by atoms with van der Waals surface area (Å²) >= 11 is 0. The van der Waals surface area contributed by atoms with Crippen molar-refractivity contribution in [3.8, 4) is 16.9 Å². The zero-order valence-corrected chi connectivity index (χ0v) is 26.1. The number of aromatic hydroxyl groups is 1. The molecule has 0 aromatic heterocycles. The summed E-state index contributed by atoms with van der Waals surface area (Å²) in [5, 5.41) is 45.3. The van der Waals surface area contributed by atoms with Gasteiger partial charge in [-0.25, -0.2) is 0 Å². The lowest BCUT2D eigenvalue weighted by atomic mass is 9.58. The fourth-order valence-corrected chi connectivity index (χ4v) is 7.93. The average molecular weight is 616 g/mol. The highest BCUT2D eigenvalue weighted by Gasteiger charge is 2.63. The van der Waals surface area contributed by atoms with Crippen molar-refractivity contribution in [1.29, 1.82) is 0 Å². The molecule has 6 rings (SSSR count). The van der Waals surface area contributed by atoms with Crippen LogP contribution in [-0.2, 0) is 22.6 Å². The standard InChI is InChI=1S/C35H41N3O7/c1-34(2)10-12-38(13-11-34)17-18-6-5-7-19(14-18)21-8-9-24(39)26-22(21)15-20-16-23-28(37(3)4)30(41)27(33(36)44)32(43)35(23,45)31(42)25(20)29(26)40/h5-9,14,20,23,28,39,41-42,45H,10-13,15-17H2,1-4H3,(H2,36,44)/t20-,23-,28-,35-/m0/s1. The van der Waals surface area contributed by atoms with E-state index in [1.165, 1.54) is 6.07 Å². The Morgan fingerprint density at radius 3 is 2.40 bits per heavy atom. The average Bonchev–Trinajstić information content (AvgIpc) is 2.96. The number of allylic oxidation sites excluding steroid dienone is 1. The molecule has 2 aromatic rings. The SMILES string of the molecule is CN(C)[C@@H]1C(O)=C(C(N)=O)C(=O)[C@@]2(O)C(O)=C3C(=O)c4c(O)ccc(-c5cccc(CN6CCC(C)(C)CC6)c5)c4C[C@H]3C[C@@H]12. The van der Waals surface area contributed by atoms with E-state index < -0.39 is 58.0 Å². The summed E-state index contributed by atoms with van der Waals surface area (Å²) in [4.78, 5) is 43.8. The first-order chi connectivity index (χ1) is 21.2. The van der Waals surface area contributed by atoms with E-state index >= 15 is 0 Å². The third-order valence-corrected chi connectivity index (χ3v) is 10.5. The minimum Gasteiger partial charge on any atom is -0.510 e. The number of amides is 1. The lowest BCUT2D eigenvalue weighted by Crippen LogP contribution is -2.63. The van der Waals surface area contributed by atoms with Gasteiger partial charge in [0.05, 0.1) is 11.6 Å². The van der Waals surface area contributed by atoms with E-state index in [2.05, 4.69) is 30.9 Å². The fourth-order valence-electron chi connectivity index (χ4n) is 7.93. The second-order valence-electron chi connectivity index (χ2n) is 14.1. The Bertz CT molecular complexity index is 1680. The number of aliphatic hydroxyl groups is 3. The number of nitrogens with zero attached hydrogens (tertiary/aromatic N) is 2. The number of aliphatic hydroxyl groups excluding tert-OH is 2. The molecule has 45 heavy (non-hydrogen) atoms. The molecule has 3 aliphatic carbocycles. The van der Waals surface area contributed by atoms with Gasteiger partial charge in [0.15, 0.2) is 11.4 Å². The monoisotopic (exact) mass is 615 g/mol. The highest BCUT2D eigenvalue weighted by Crippen LogP contribution is 2.53. The number of rotatable bonds is 5. The number of nitrogens with two attached hydrogens (primary N) is 1. The summed E-state index contributed by atoms with van der Waals surface area (Å²) in [6.45, 7) is 7.46. The van der Waals surface area contributed by atoms with Gasteiger partial charge in [-0.05, 0) is 98.6 Å². The molecule has 1 fully saturated rings. The Labute approximate surface area is 262 Å². The maximum atomic E-state index is 14.1. The van der Waals surface area contributed by atoms with Crippen molar-refractivity contribution in [3.63, 3.8) is 0 Å². The molecule has 0 bridgehead atoms. The van der Waals surface area contributed by atoms with Gasteiger partial charge in [0.2, 0.25) is 5.78 Å². The van der Waals surface area contributed by atoms with Crippen LogP contribution in [0.25, 0.3) is 11.1 Å². The number of fused-ring (bicyclic) bond motifs is 3. The number of likely N-dealkylation sites (N-methyl/N-ethyl adjacent to an activating group) is 1. The zero-order chi connectivity index (χ0) is 32.6. The molecular weight excluding hydrogens is 574 g/mol. The number of carbonyl (C=O) groups is 3. The van der Waals surface area contributed by atoms with Crippen molar-refractivity contribution in [2.75, 3.05) is 27.2 Å². The molecule has 0 unspecified atom stereocenters. The van der Waals surface area contributed by atoms with Crippen molar-refractivity contribution in [2.24, 2.45) is 23.0 Å². The summed E-state index contributed by atoms with van der Waals surface area (Å²) in [5.74, 6) is -6.59. The maximum absolute atomic E-state index is 14.1. The third-order valence-electron chi connectivity index (χ3n) is 10.5. The van der Waals surface area contributed by atoms with Gasteiger partial charge >= 0.3 is 0 Å². The molecule has 1 aliphatic heterocycles. The molecule has 0 saturated carbocycles. The molecule has 6 N–H and O–H groups in total. The van der Waals surface area contributed by atoms with Crippen molar-refractivity contribution < 1.29 is 34.8 Å². The highest BCUT2D eigenvalue weighted by atomic mass is 16.3. The Morgan fingerprint density at radius 1 is 1.07 bits per heavy atom. The van der Waals surface area contributed by atoms with Crippen LogP contribution >= 0.6 is 0 Å². The van der Waals surface area contributed by atoms with Gasteiger partial charge in [-0.3, -0.25) is 24.2 Å². The Balaban J connectivity index is 1.41.